The Morgan fingerprint density at radius 1 is 1.59 bits per heavy atom. The number of piperazine rings is 1. The Kier molecular flexibility index (Phi) is 3.71. The summed E-state index contributed by atoms with van der Waals surface area (Å²) in [5, 5.41) is 14.0. The molecule has 1 atom stereocenters. The minimum atomic E-state index is -0.343. The van der Waals surface area contributed by atoms with E-state index in [1.165, 1.54) is 6.07 Å². The molecule has 92 valence electrons. The maximum Gasteiger partial charge on any atom is 0.269 e. The summed E-state index contributed by atoms with van der Waals surface area (Å²) < 4.78 is 0. The van der Waals surface area contributed by atoms with E-state index >= 15 is 0 Å². The third kappa shape index (κ3) is 3.01. The van der Waals surface area contributed by atoms with Crippen LogP contribution in [-0.2, 0) is 6.54 Å². The third-order valence-electron chi connectivity index (χ3n) is 3.15. The summed E-state index contributed by atoms with van der Waals surface area (Å²) in [7, 11) is 0. The molecular formula is C12H17N3O2. The summed E-state index contributed by atoms with van der Waals surface area (Å²) in [5.41, 5.74) is 1.18. The first-order valence-electron chi connectivity index (χ1n) is 5.85. The number of benzene rings is 1. The molecule has 5 nitrogen and oxygen atoms in total. The Morgan fingerprint density at radius 3 is 3.12 bits per heavy atom. The predicted molar refractivity (Wildman–Crippen MR) is 65.8 cm³/mol. The first-order chi connectivity index (χ1) is 8.16. The summed E-state index contributed by atoms with van der Waals surface area (Å²) >= 11 is 0. The van der Waals surface area contributed by atoms with Gasteiger partial charge in [0.25, 0.3) is 5.69 Å². The second kappa shape index (κ2) is 5.25. The van der Waals surface area contributed by atoms with Crippen LogP contribution in [0.2, 0.25) is 0 Å². The summed E-state index contributed by atoms with van der Waals surface area (Å²) in [6, 6.07) is 7.37. The van der Waals surface area contributed by atoms with Crippen LogP contribution < -0.4 is 5.32 Å². The summed E-state index contributed by atoms with van der Waals surface area (Å²) in [5.74, 6) is 0. The van der Waals surface area contributed by atoms with Crippen LogP contribution in [0.5, 0.6) is 0 Å². The zero-order chi connectivity index (χ0) is 12.3. The molecule has 0 spiro atoms. The molecule has 1 fully saturated rings. The second-order valence-corrected chi connectivity index (χ2v) is 4.45. The Labute approximate surface area is 101 Å². The Bertz CT molecular complexity index is 408. The second-order valence-electron chi connectivity index (χ2n) is 4.45. The molecule has 0 aromatic heterocycles. The minimum absolute atomic E-state index is 0.172. The van der Waals surface area contributed by atoms with E-state index in [9.17, 15) is 10.1 Å². The molecule has 0 amide bonds. The van der Waals surface area contributed by atoms with E-state index in [0.717, 1.165) is 31.7 Å². The van der Waals surface area contributed by atoms with Crippen LogP contribution in [0.25, 0.3) is 0 Å². The van der Waals surface area contributed by atoms with Gasteiger partial charge in [-0.3, -0.25) is 15.0 Å². The van der Waals surface area contributed by atoms with Gasteiger partial charge in [0.15, 0.2) is 0 Å². The van der Waals surface area contributed by atoms with Gasteiger partial charge in [-0.1, -0.05) is 12.1 Å². The maximum absolute atomic E-state index is 10.7. The van der Waals surface area contributed by atoms with E-state index in [2.05, 4.69) is 17.1 Å². The van der Waals surface area contributed by atoms with Gasteiger partial charge in [-0.25, -0.2) is 0 Å². The number of nitro benzene ring substituents is 1. The van der Waals surface area contributed by atoms with E-state index in [1.807, 2.05) is 6.07 Å². The van der Waals surface area contributed by atoms with Crippen molar-refractivity contribution >= 4 is 5.69 Å². The molecule has 0 bridgehead atoms. The molecular weight excluding hydrogens is 218 g/mol. The highest BCUT2D eigenvalue weighted by atomic mass is 16.6. The zero-order valence-corrected chi connectivity index (χ0v) is 9.93. The first-order valence-corrected chi connectivity index (χ1v) is 5.85. The van der Waals surface area contributed by atoms with Crippen molar-refractivity contribution in [3.05, 3.63) is 39.9 Å². The number of nitrogens with zero attached hydrogens (tertiary/aromatic N) is 2. The van der Waals surface area contributed by atoms with Crippen LogP contribution in [0.1, 0.15) is 12.5 Å². The van der Waals surface area contributed by atoms with E-state index in [-0.39, 0.29) is 10.6 Å². The van der Waals surface area contributed by atoms with Crippen LogP contribution in [0.3, 0.4) is 0 Å². The number of non-ortho nitro benzene ring substituents is 1. The van der Waals surface area contributed by atoms with Gasteiger partial charge in [0.2, 0.25) is 0 Å². The van der Waals surface area contributed by atoms with Crippen molar-refractivity contribution in [1.29, 1.82) is 0 Å². The van der Waals surface area contributed by atoms with E-state index in [0.29, 0.717) is 6.04 Å². The Morgan fingerprint density at radius 2 is 2.41 bits per heavy atom. The van der Waals surface area contributed by atoms with Crippen molar-refractivity contribution in [2.45, 2.75) is 19.5 Å². The highest BCUT2D eigenvalue weighted by molar-refractivity contribution is 5.34. The van der Waals surface area contributed by atoms with Crippen molar-refractivity contribution in [1.82, 2.24) is 10.2 Å². The fraction of sp³-hybridized carbons (Fsp3) is 0.500. The molecule has 0 unspecified atom stereocenters. The molecule has 0 aliphatic carbocycles. The van der Waals surface area contributed by atoms with Crippen molar-refractivity contribution in [3.8, 4) is 0 Å². The van der Waals surface area contributed by atoms with Gasteiger partial charge >= 0.3 is 0 Å². The normalized spacial score (nSPS) is 21.4. The smallest absolute Gasteiger partial charge is 0.269 e. The topological polar surface area (TPSA) is 58.4 Å². The number of rotatable bonds is 3. The van der Waals surface area contributed by atoms with Gasteiger partial charge in [-0.05, 0) is 12.5 Å². The number of hydrogen-bond acceptors (Lipinski definition) is 4. The van der Waals surface area contributed by atoms with Gasteiger partial charge in [-0.15, -0.1) is 0 Å². The lowest BCUT2D eigenvalue weighted by Crippen LogP contribution is -2.49. The molecule has 5 heteroatoms. The zero-order valence-electron chi connectivity index (χ0n) is 9.93. The lowest BCUT2D eigenvalue weighted by atomic mass is 10.1. The van der Waals surface area contributed by atoms with Crippen LogP contribution in [0, 0.1) is 10.1 Å². The molecule has 1 saturated heterocycles. The van der Waals surface area contributed by atoms with Gasteiger partial charge in [0.05, 0.1) is 4.92 Å². The number of hydrogen-bond donors (Lipinski definition) is 1. The van der Waals surface area contributed by atoms with Crippen LogP contribution in [0.15, 0.2) is 24.3 Å². The highest BCUT2D eigenvalue weighted by Gasteiger charge is 2.18. The minimum Gasteiger partial charge on any atom is -0.314 e. The standard InChI is InChI=1S/C12H17N3O2/c1-10-8-13-5-6-14(10)9-11-3-2-4-12(7-11)15(16)17/h2-4,7,10,13H,5-6,8-9H2,1H3/t10-/m0/s1. The van der Waals surface area contributed by atoms with Gasteiger partial charge < -0.3 is 5.32 Å². The Balaban J connectivity index is 2.07. The van der Waals surface area contributed by atoms with Crippen LogP contribution >= 0.6 is 0 Å². The van der Waals surface area contributed by atoms with Gasteiger partial charge in [0.1, 0.15) is 0 Å². The molecule has 1 aliphatic rings. The molecule has 1 aromatic rings. The van der Waals surface area contributed by atoms with Crippen LogP contribution in [0.4, 0.5) is 5.69 Å². The predicted octanol–water partition coefficient (Wildman–Crippen LogP) is 1.39. The van der Waals surface area contributed by atoms with Crippen molar-refractivity contribution < 1.29 is 4.92 Å². The van der Waals surface area contributed by atoms with Crippen LogP contribution in [-0.4, -0.2) is 35.5 Å². The fourth-order valence-corrected chi connectivity index (χ4v) is 2.12. The monoisotopic (exact) mass is 235 g/mol. The molecule has 1 aliphatic heterocycles. The average Bonchev–Trinajstić information content (AvgIpc) is 2.32. The Hall–Kier alpha value is -1.46. The molecule has 1 heterocycles. The van der Waals surface area contributed by atoms with E-state index in [4.69, 9.17) is 0 Å². The third-order valence-corrected chi connectivity index (χ3v) is 3.15. The lowest BCUT2D eigenvalue weighted by molar-refractivity contribution is -0.384. The molecule has 1 aromatic carbocycles. The molecule has 2 rings (SSSR count). The quantitative estimate of drug-likeness (QED) is 0.635. The van der Waals surface area contributed by atoms with Crippen molar-refractivity contribution in [2.75, 3.05) is 19.6 Å². The fourth-order valence-electron chi connectivity index (χ4n) is 2.12. The highest BCUT2D eigenvalue weighted by Crippen LogP contribution is 2.16. The van der Waals surface area contributed by atoms with E-state index < -0.39 is 0 Å². The molecule has 0 radical (unpaired) electrons. The van der Waals surface area contributed by atoms with Gasteiger partial charge in [-0.2, -0.15) is 0 Å². The molecule has 1 N–H and O–H groups in total. The maximum atomic E-state index is 10.7. The first kappa shape index (κ1) is 12.0. The van der Waals surface area contributed by atoms with Crippen molar-refractivity contribution in [3.63, 3.8) is 0 Å². The summed E-state index contributed by atoms with van der Waals surface area (Å²) in [6.07, 6.45) is 0. The van der Waals surface area contributed by atoms with Crippen molar-refractivity contribution in [2.24, 2.45) is 0 Å². The largest absolute Gasteiger partial charge is 0.314 e. The molecule has 0 saturated carbocycles. The SMILES string of the molecule is C[C@H]1CNCCN1Cc1cccc([N+](=O)[O-])c1. The summed E-state index contributed by atoms with van der Waals surface area (Å²) in [4.78, 5) is 12.7. The van der Waals surface area contributed by atoms with Gasteiger partial charge in [0, 0.05) is 44.4 Å². The molecule has 17 heavy (non-hydrogen) atoms. The average molecular weight is 235 g/mol. The number of nitro groups is 1. The van der Waals surface area contributed by atoms with E-state index in [1.54, 1.807) is 12.1 Å². The summed E-state index contributed by atoms with van der Waals surface area (Å²) in [6.45, 7) is 5.91. The number of nitrogens with one attached hydrogen (secondary N) is 1. The lowest BCUT2D eigenvalue weighted by Gasteiger charge is -2.33.